The molecule has 0 radical (unpaired) electrons. The van der Waals surface area contributed by atoms with E-state index in [0.29, 0.717) is 6.42 Å². The number of methoxy groups -OCH3 is 1. The van der Waals surface area contributed by atoms with E-state index in [4.69, 9.17) is 5.73 Å². The standard InChI is InChI=1S/C12H17NO2S/c1-15-12(14)11(13)8-5-9-3-6-10(16-2)7-4-9/h3-4,6-7,11H,5,8,13H2,1-2H3. The summed E-state index contributed by atoms with van der Waals surface area (Å²) in [5.41, 5.74) is 6.84. The zero-order chi connectivity index (χ0) is 12.0. The van der Waals surface area contributed by atoms with Crippen LogP contribution in [0.2, 0.25) is 0 Å². The van der Waals surface area contributed by atoms with Gasteiger partial charge in [0.15, 0.2) is 0 Å². The van der Waals surface area contributed by atoms with Gasteiger partial charge in [-0.05, 0) is 36.8 Å². The predicted molar refractivity (Wildman–Crippen MR) is 66.5 cm³/mol. The lowest BCUT2D eigenvalue weighted by Gasteiger charge is -2.09. The number of hydrogen-bond donors (Lipinski definition) is 1. The third kappa shape index (κ3) is 3.87. The molecule has 1 atom stereocenters. The van der Waals surface area contributed by atoms with E-state index in [2.05, 4.69) is 29.0 Å². The minimum Gasteiger partial charge on any atom is -0.468 e. The predicted octanol–water partition coefficient (Wildman–Crippen LogP) is 1.84. The van der Waals surface area contributed by atoms with Gasteiger partial charge < -0.3 is 10.5 Å². The molecule has 0 aliphatic heterocycles. The number of benzene rings is 1. The van der Waals surface area contributed by atoms with Crippen molar-refractivity contribution in [2.45, 2.75) is 23.8 Å². The normalized spacial score (nSPS) is 12.2. The van der Waals surface area contributed by atoms with Crippen LogP contribution < -0.4 is 5.73 Å². The number of nitrogens with two attached hydrogens (primary N) is 1. The zero-order valence-corrected chi connectivity index (χ0v) is 10.4. The lowest BCUT2D eigenvalue weighted by molar-refractivity contribution is -0.142. The molecule has 2 N–H and O–H groups in total. The molecule has 0 aliphatic rings. The van der Waals surface area contributed by atoms with Crippen molar-refractivity contribution in [1.82, 2.24) is 0 Å². The summed E-state index contributed by atoms with van der Waals surface area (Å²) in [7, 11) is 1.36. The molecule has 88 valence electrons. The highest BCUT2D eigenvalue weighted by atomic mass is 32.2. The maximum Gasteiger partial charge on any atom is 0.322 e. The molecule has 0 heterocycles. The van der Waals surface area contributed by atoms with Crippen LogP contribution in [0.1, 0.15) is 12.0 Å². The number of hydrogen-bond acceptors (Lipinski definition) is 4. The molecule has 3 nitrogen and oxygen atoms in total. The summed E-state index contributed by atoms with van der Waals surface area (Å²) >= 11 is 1.71. The third-order valence-corrected chi connectivity index (χ3v) is 3.15. The minimum atomic E-state index is -0.523. The van der Waals surface area contributed by atoms with Crippen LogP contribution in [0.3, 0.4) is 0 Å². The van der Waals surface area contributed by atoms with Gasteiger partial charge in [0.1, 0.15) is 6.04 Å². The van der Waals surface area contributed by atoms with Crippen LogP contribution in [0.4, 0.5) is 0 Å². The average Bonchev–Trinajstić information content (AvgIpc) is 2.35. The summed E-state index contributed by atoms with van der Waals surface area (Å²) < 4.78 is 4.57. The molecule has 0 saturated carbocycles. The fraction of sp³-hybridized carbons (Fsp3) is 0.417. The molecule has 16 heavy (non-hydrogen) atoms. The van der Waals surface area contributed by atoms with E-state index in [1.165, 1.54) is 17.6 Å². The molecule has 0 bridgehead atoms. The highest BCUT2D eigenvalue weighted by molar-refractivity contribution is 7.98. The quantitative estimate of drug-likeness (QED) is 0.629. The smallest absolute Gasteiger partial charge is 0.322 e. The van der Waals surface area contributed by atoms with E-state index in [9.17, 15) is 4.79 Å². The van der Waals surface area contributed by atoms with Gasteiger partial charge in [-0.1, -0.05) is 12.1 Å². The number of carbonyl (C=O) groups excluding carboxylic acids is 1. The summed E-state index contributed by atoms with van der Waals surface area (Å²) in [6.07, 6.45) is 3.46. The van der Waals surface area contributed by atoms with Crippen LogP contribution >= 0.6 is 11.8 Å². The molecule has 0 aromatic heterocycles. The fourth-order valence-electron chi connectivity index (χ4n) is 1.38. The first-order valence-corrected chi connectivity index (χ1v) is 6.36. The van der Waals surface area contributed by atoms with E-state index in [-0.39, 0.29) is 5.97 Å². The van der Waals surface area contributed by atoms with Crippen molar-refractivity contribution in [3.8, 4) is 0 Å². The van der Waals surface area contributed by atoms with Gasteiger partial charge in [0, 0.05) is 4.90 Å². The van der Waals surface area contributed by atoms with Crippen LogP contribution in [0.15, 0.2) is 29.2 Å². The van der Waals surface area contributed by atoms with Crippen LogP contribution in [-0.2, 0) is 16.0 Å². The first-order valence-electron chi connectivity index (χ1n) is 5.13. The molecule has 0 spiro atoms. The van der Waals surface area contributed by atoms with E-state index >= 15 is 0 Å². The molecule has 0 aliphatic carbocycles. The Bertz CT molecular complexity index is 337. The van der Waals surface area contributed by atoms with Gasteiger partial charge in [0.05, 0.1) is 7.11 Å². The summed E-state index contributed by atoms with van der Waals surface area (Å²) in [4.78, 5) is 12.3. The van der Waals surface area contributed by atoms with Gasteiger partial charge >= 0.3 is 5.97 Å². The number of thioether (sulfide) groups is 1. The van der Waals surface area contributed by atoms with Gasteiger partial charge in [-0.2, -0.15) is 0 Å². The minimum absolute atomic E-state index is 0.347. The Labute approximate surface area is 100 Å². The molecule has 1 aromatic carbocycles. The highest BCUT2D eigenvalue weighted by Crippen LogP contribution is 2.15. The van der Waals surface area contributed by atoms with E-state index in [1.54, 1.807) is 11.8 Å². The molecule has 1 rings (SSSR count). The van der Waals surface area contributed by atoms with Crippen molar-refractivity contribution in [3.63, 3.8) is 0 Å². The fourth-order valence-corrected chi connectivity index (χ4v) is 1.79. The van der Waals surface area contributed by atoms with E-state index in [0.717, 1.165) is 6.42 Å². The highest BCUT2D eigenvalue weighted by Gasteiger charge is 2.12. The molecule has 1 unspecified atom stereocenters. The second kappa shape index (κ2) is 6.55. The van der Waals surface area contributed by atoms with Crippen LogP contribution in [-0.4, -0.2) is 25.4 Å². The van der Waals surface area contributed by atoms with Crippen molar-refractivity contribution < 1.29 is 9.53 Å². The van der Waals surface area contributed by atoms with Crippen LogP contribution in [0.5, 0.6) is 0 Å². The topological polar surface area (TPSA) is 52.3 Å². The van der Waals surface area contributed by atoms with Crippen molar-refractivity contribution >= 4 is 17.7 Å². The monoisotopic (exact) mass is 239 g/mol. The third-order valence-electron chi connectivity index (χ3n) is 2.41. The Morgan fingerprint density at radius 1 is 1.44 bits per heavy atom. The van der Waals surface area contributed by atoms with Gasteiger partial charge in [0.2, 0.25) is 0 Å². The van der Waals surface area contributed by atoms with Gasteiger partial charge in [-0.15, -0.1) is 11.8 Å². The van der Waals surface area contributed by atoms with Crippen LogP contribution in [0.25, 0.3) is 0 Å². The Morgan fingerprint density at radius 3 is 2.56 bits per heavy atom. The second-order valence-corrected chi connectivity index (χ2v) is 4.40. The van der Waals surface area contributed by atoms with Crippen molar-refractivity contribution in [3.05, 3.63) is 29.8 Å². The maximum atomic E-state index is 11.1. The van der Waals surface area contributed by atoms with Crippen molar-refractivity contribution in [2.24, 2.45) is 5.73 Å². The van der Waals surface area contributed by atoms with Gasteiger partial charge in [-0.25, -0.2) is 0 Å². The Morgan fingerprint density at radius 2 is 2.06 bits per heavy atom. The van der Waals surface area contributed by atoms with Gasteiger partial charge in [0.25, 0.3) is 0 Å². The zero-order valence-electron chi connectivity index (χ0n) is 9.60. The average molecular weight is 239 g/mol. The molecule has 0 saturated heterocycles. The number of aryl methyl sites for hydroxylation is 1. The lowest BCUT2D eigenvalue weighted by Crippen LogP contribution is -2.31. The lowest BCUT2D eigenvalue weighted by atomic mass is 10.1. The summed E-state index contributed by atoms with van der Waals surface area (Å²) in [5, 5.41) is 0. The van der Waals surface area contributed by atoms with E-state index in [1.807, 2.05) is 6.26 Å². The van der Waals surface area contributed by atoms with E-state index < -0.39 is 6.04 Å². The summed E-state index contributed by atoms with van der Waals surface area (Å²) in [6.45, 7) is 0. The molecular formula is C12H17NO2S. The molecule has 1 aromatic rings. The number of ether oxygens (including phenoxy) is 1. The van der Waals surface area contributed by atoms with Gasteiger partial charge in [-0.3, -0.25) is 4.79 Å². The van der Waals surface area contributed by atoms with Crippen LogP contribution in [0, 0.1) is 0 Å². The second-order valence-electron chi connectivity index (χ2n) is 3.52. The molecule has 0 amide bonds. The Kier molecular flexibility index (Phi) is 5.35. The Balaban J connectivity index is 2.45. The first-order chi connectivity index (χ1) is 7.67. The first kappa shape index (κ1) is 13.1. The Hall–Kier alpha value is -1.00. The van der Waals surface area contributed by atoms with Crippen molar-refractivity contribution in [2.75, 3.05) is 13.4 Å². The molecule has 0 fully saturated rings. The summed E-state index contributed by atoms with van der Waals surface area (Å²) in [6, 6.07) is 7.75. The van der Waals surface area contributed by atoms with Crippen molar-refractivity contribution in [1.29, 1.82) is 0 Å². The maximum absolute atomic E-state index is 11.1. The number of rotatable bonds is 5. The summed E-state index contributed by atoms with van der Waals surface area (Å²) in [5.74, 6) is -0.347. The largest absolute Gasteiger partial charge is 0.468 e. The molecule has 4 heteroatoms. The SMILES string of the molecule is COC(=O)C(N)CCc1ccc(SC)cc1. The number of carbonyl (C=O) groups is 1. The molecular weight excluding hydrogens is 222 g/mol. The number of esters is 1.